The van der Waals surface area contributed by atoms with Gasteiger partial charge in [-0.25, -0.2) is 0 Å². The number of hydrogen-bond acceptors (Lipinski definition) is 5. The molecule has 2 amide bonds. The van der Waals surface area contributed by atoms with Crippen LogP contribution in [0, 0.1) is 5.92 Å². The van der Waals surface area contributed by atoms with Crippen molar-refractivity contribution in [2.45, 2.75) is 76.4 Å². The molecule has 0 aromatic heterocycles. The van der Waals surface area contributed by atoms with Crippen LogP contribution in [0.2, 0.25) is 0 Å². The zero-order valence-corrected chi connectivity index (χ0v) is 16.2. The Hall–Kier alpha value is -1.89. The molecule has 0 aromatic carbocycles. The SMILES string of the molecule is C[C@H]1CNC(=O)[C@@H](CC(=O)NC2(CO)CCCC2)CC=CCCCC(=O)O1. The molecule has 1 aliphatic heterocycles. The molecule has 2 atom stereocenters. The van der Waals surface area contributed by atoms with Crippen LogP contribution in [0.3, 0.4) is 0 Å². The quantitative estimate of drug-likeness (QED) is 0.507. The van der Waals surface area contributed by atoms with Crippen molar-refractivity contribution in [1.82, 2.24) is 10.6 Å². The lowest BCUT2D eigenvalue weighted by molar-refractivity contribution is -0.148. The molecule has 0 bridgehead atoms. The van der Waals surface area contributed by atoms with E-state index in [1.54, 1.807) is 6.92 Å². The van der Waals surface area contributed by atoms with Gasteiger partial charge in [-0.3, -0.25) is 14.4 Å². The van der Waals surface area contributed by atoms with Gasteiger partial charge in [0.1, 0.15) is 6.10 Å². The number of ether oxygens (including phenoxy) is 1. The first kappa shape index (κ1) is 21.4. The Labute approximate surface area is 160 Å². The molecule has 1 heterocycles. The first-order valence-corrected chi connectivity index (χ1v) is 9.98. The molecule has 1 saturated carbocycles. The smallest absolute Gasteiger partial charge is 0.306 e. The Morgan fingerprint density at radius 2 is 2.04 bits per heavy atom. The first-order chi connectivity index (χ1) is 12.9. The minimum atomic E-state index is -0.532. The fourth-order valence-electron chi connectivity index (χ4n) is 3.68. The van der Waals surface area contributed by atoms with Crippen molar-refractivity contribution in [2.75, 3.05) is 13.2 Å². The summed E-state index contributed by atoms with van der Waals surface area (Å²) in [4.78, 5) is 36.7. The summed E-state index contributed by atoms with van der Waals surface area (Å²) in [6.07, 6.45) is 9.31. The Bertz CT molecular complexity index is 555. The van der Waals surface area contributed by atoms with E-state index >= 15 is 0 Å². The van der Waals surface area contributed by atoms with Gasteiger partial charge in [0, 0.05) is 12.8 Å². The number of allylic oxidation sites excluding steroid dienone is 2. The third kappa shape index (κ3) is 6.97. The number of esters is 1. The van der Waals surface area contributed by atoms with Gasteiger partial charge >= 0.3 is 5.97 Å². The molecule has 3 N–H and O–H groups in total. The molecule has 7 nitrogen and oxygen atoms in total. The van der Waals surface area contributed by atoms with Crippen molar-refractivity contribution in [3.63, 3.8) is 0 Å². The van der Waals surface area contributed by atoms with Crippen molar-refractivity contribution >= 4 is 17.8 Å². The number of rotatable bonds is 4. The summed E-state index contributed by atoms with van der Waals surface area (Å²) >= 11 is 0. The third-order valence-electron chi connectivity index (χ3n) is 5.31. The van der Waals surface area contributed by atoms with Crippen LogP contribution in [0.4, 0.5) is 0 Å². The maximum absolute atomic E-state index is 12.6. The summed E-state index contributed by atoms with van der Waals surface area (Å²) in [5.74, 6) is -1.17. The summed E-state index contributed by atoms with van der Waals surface area (Å²) in [6, 6.07) is 0. The fraction of sp³-hybridized carbons (Fsp3) is 0.750. The van der Waals surface area contributed by atoms with E-state index in [4.69, 9.17) is 4.74 Å². The molecule has 1 fully saturated rings. The van der Waals surface area contributed by atoms with Crippen molar-refractivity contribution in [3.05, 3.63) is 12.2 Å². The second-order valence-corrected chi connectivity index (χ2v) is 7.74. The lowest BCUT2D eigenvalue weighted by Gasteiger charge is -2.28. The van der Waals surface area contributed by atoms with Crippen LogP contribution in [-0.4, -0.2) is 47.7 Å². The molecule has 2 rings (SSSR count). The van der Waals surface area contributed by atoms with Crippen LogP contribution in [0.25, 0.3) is 0 Å². The molecule has 152 valence electrons. The molecule has 0 aromatic rings. The Balaban J connectivity index is 1.97. The number of nitrogens with one attached hydrogen (secondary N) is 2. The molecule has 0 spiro atoms. The summed E-state index contributed by atoms with van der Waals surface area (Å²) in [5, 5.41) is 15.4. The van der Waals surface area contributed by atoms with E-state index in [0.717, 1.165) is 32.1 Å². The predicted molar refractivity (Wildman–Crippen MR) is 101 cm³/mol. The average molecular weight is 380 g/mol. The summed E-state index contributed by atoms with van der Waals surface area (Å²) in [7, 11) is 0. The van der Waals surface area contributed by atoms with E-state index < -0.39 is 17.6 Å². The van der Waals surface area contributed by atoms with Gasteiger partial charge in [-0.15, -0.1) is 0 Å². The summed E-state index contributed by atoms with van der Waals surface area (Å²) < 4.78 is 5.26. The predicted octanol–water partition coefficient (Wildman–Crippen LogP) is 1.59. The number of cyclic esters (lactones) is 1. The topological polar surface area (TPSA) is 105 Å². The van der Waals surface area contributed by atoms with Crippen LogP contribution in [-0.2, 0) is 19.1 Å². The lowest BCUT2D eigenvalue weighted by atomic mass is 9.95. The zero-order valence-electron chi connectivity index (χ0n) is 16.2. The second-order valence-electron chi connectivity index (χ2n) is 7.74. The Morgan fingerprint density at radius 1 is 1.30 bits per heavy atom. The van der Waals surface area contributed by atoms with E-state index in [1.165, 1.54) is 0 Å². The van der Waals surface area contributed by atoms with Gasteiger partial charge in [0.2, 0.25) is 11.8 Å². The maximum atomic E-state index is 12.6. The van der Waals surface area contributed by atoms with Gasteiger partial charge in [0.25, 0.3) is 0 Å². The van der Waals surface area contributed by atoms with E-state index in [9.17, 15) is 19.5 Å². The summed E-state index contributed by atoms with van der Waals surface area (Å²) in [5.41, 5.74) is -0.532. The maximum Gasteiger partial charge on any atom is 0.306 e. The van der Waals surface area contributed by atoms with Gasteiger partial charge in [0.15, 0.2) is 0 Å². The highest BCUT2D eigenvalue weighted by Gasteiger charge is 2.35. The van der Waals surface area contributed by atoms with E-state index in [1.807, 2.05) is 12.2 Å². The normalized spacial score (nSPS) is 26.9. The molecule has 1 aliphatic carbocycles. The number of carbonyl (C=O) groups excluding carboxylic acids is 3. The molecule has 0 unspecified atom stereocenters. The molecule has 2 aliphatic rings. The highest BCUT2D eigenvalue weighted by molar-refractivity contribution is 5.86. The highest BCUT2D eigenvalue weighted by atomic mass is 16.5. The van der Waals surface area contributed by atoms with Gasteiger partial charge in [0.05, 0.1) is 24.6 Å². The van der Waals surface area contributed by atoms with Crippen LogP contribution < -0.4 is 10.6 Å². The van der Waals surface area contributed by atoms with Gasteiger partial charge in [-0.1, -0.05) is 25.0 Å². The van der Waals surface area contributed by atoms with Crippen molar-refractivity contribution < 1.29 is 24.2 Å². The van der Waals surface area contributed by atoms with Crippen molar-refractivity contribution in [2.24, 2.45) is 5.92 Å². The van der Waals surface area contributed by atoms with Gasteiger partial charge < -0.3 is 20.5 Å². The van der Waals surface area contributed by atoms with Crippen molar-refractivity contribution in [3.8, 4) is 0 Å². The molecule has 7 heteroatoms. The number of carbonyl (C=O) groups is 3. The van der Waals surface area contributed by atoms with Crippen LogP contribution >= 0.6 is 0 Å². The summed E-state index contributed by atoms with van der Waals surface area (Å²) in [6.45, 7) is 1.90. The number of amides is 2. The van der Waals surface area contributed by atoms with E-state index in [2.05, 4.69) is 10.6 Å². The van der Waals surface area contributed by atoms with Crippen LogP contribution in [0.5, 0.6) is 0 Å². The lowest BCUT2D eigenvalue weighted by Crippen LogP contribution is -2.50. The average Bonchev–Trinajstić information content (AvgIpc) is 3.09. The number of aliphatic hydroxyl groups excluding tert-OH is 1. The molecular weight excluding hydrogens is 348 g/mol. The molecule has 0 radical (unpaired) electrons. The fourth-order valence-corrected chi connectivity index (χ4v) is 3.68. The van der Waals surface area contributed by atoms with Gasteiger partial charge in [-0.2, -0.15) is 0 Å². The first-order valence-electron chi connectivity index (χ1n) is 9.98. The monoisotopic (exact) mass is 380 g/mol. The Morgan fingerprint density at radius 3 is 2.74 bits per heavy atom. The van der Waals surface area contributed by atoms with Crippen LogP contribution in [0.1, 0.15) is 64.7 Å². The minimum absolute atomic E-state index is 0.0710. The number of hydrogen-bond donors (Lipinski definition) is 3. The van der Waals surface area contributed by atoms with Crippen molar-refractivity contribution in [1.29, 1.82) is 0 Å². The molecule has 27 heavy (non-hydrogen) atoms. The number of aliphatic hydroxyl groups is 1. The van der Waals surface area contributed by atoms with E-state index in [0.29, 0.717) is 19.3 Å². The van der Waals surface area contributed by atoms with Gasteiger partial charge in [-0.05, 0) is 39.0 Å². The standard InChI is InChI=1S/C20H32N2O5/c1-15-13-21-19(26)16(8-4-2-3-5-9-18(25)27-15)12-17(24)22-20(14-23)10-6-7-11-20/h2,4,15-16,23H,3,5-14H2,1H3,(H,21,26)(H,22,24)/t15-,16+/m0/s1. The van der Waals surface area contributed by atoms with Crippen LogP contribution in [0.15, 0.2) is 12.2 Å². The third-order valence-corrected chi connectivity index (χ3v) is 5.31. The minimum Gasteiger partial charge on any atom is -0.461 e. The zero-order chi connectivity index (χ0) is 19.7. The second kappa shape index (κ2) is 10.4. The largest absolute Gasteiger partial charge is 0.461 e. The molecule has 0 saturated heterocycles. The Kier molecular flexibility index (Phi) is 8.28. The highest BCUT2D eigenvalue weighted by Crippen LogP contribution is 2.29. The molecular formula is C20H32N2O5. The van der Waals surface area contributed by atoms with E-state index in [-0.39, 0.29) is 37.4 Å².